The molecule has 0 radical (unpaired) electrons. The number of carboxylic acids is 1. The summed E-state index contributed by atoms with van der Waals surface area (Å²) in [6.45, 7) is 2.30. The molecule has 1 heterocycles. The molecule has 4 rings (SSSR count). The van der Waals surface area contributed by atoms with Gasteiger partial charge in [-0.3, -0.25) is 9.69 Å². The fourth-order valence-electron chi connectivity index (χ4n) is 3.72. The summed E-state index contributed by atoms with van der Waals surface area (Å²) in [7, 11) is 0. The number of para-hydroxylation sites is 1. The summed E-state index contributed by atoms with van der Waals surface area (Å²) in [5, 5.41) is 12.9. The first-order valence-electron chi connectivity index (χ1n) is 9.31. The van der Waals surface area contributed by atoms with E-state index in [1.165, 1.54) is 4.90 Å². The fourth-order valence-corrected chi connectivity index (χ4v) is 4.29. The van der Waals surface area contributed by atoms with Crippen molar-refractivity contribution in [2.45, 2.75) is 19.9 Å². The van der Waals surface area contributed by atoms with Crippen molar-refractivity contribution in [2.24, 2.45) is 0 Å². The molecule has 0 aliphatic carbocycles. The van der Waals surface area contributed by atoms with E-state index in [9.17, 15) is 14.7 Å². The number of aryl methyl sites for hydroxylation is 1. The second-order valence-corrected chi connectivity index (χ2v) is 7.96. The minimum Gasteiger partial charge on any atom is -0.481 e. The number of hydrogen-bond donors (Lipinski definition) is 2. The first kappa shape index (κ1) is 20.3. The summed E-state index contributed by atoms with van der Waals surface area (Å²) >= 11 is 12.8. The summed E-state index contributed by atoms with van der Waals surface area (Å²) in [4.78, 5) is 25.7. The van der Waals surface area contributed by atoms with Gasteiger partial charge in [-0.15, -0.1) is 0 Å². The third-order valence-electron chi connectivity index (χ3n) is 4.99. The van der Waals surface area contributed by atoms with Crippen LogP contribution in [-0.4, -0.2) is 17.1 Å². The van der Waals surface area contributed by atoms with Crippen molar-refractivity contribution in [3.05, 3.63) is 81.3 Å². The number of urea groups is 1. The molecule has 1 aliphatic rings. The molecule has 1 aliphatic heterocycles. The van der Waals surface area contributed by atoms with Gasteiger partial charge in [0.25, 0.3) is 0 Å². The van der Waals surface area contributed by atoms with Crippen molar-refractivity contribution >= 4 is 46.6 Å². The summed E-state index contributed by atoms with van der Waals surface area (Å²) < 4.78 is 0. The maximum absolute atomic E-state index is 12.9. The topological polar surface area (TPSA) is 69.6 Å². The Morgan fingerprint density at radius 2 is 1.80 bits per heavy atom. The van der Waals surface area contributed by atoms with E-state index in [0.29, 0.717) is 33.5 Å². The predicted molar refractivity (Wildman–Crippen MR) is 119 cm³/mol. The van der Waals surface area contributed by atoms with E-state index in [1.54, 1.807) is 24.3 Å². The lowest BCUT2D eigenvalue weighted by Crippen LogP contribution is -2.41. The number of nitrogens with one attached hydrogen (secondary N) is 1. The SMILES string of the molecule is Cc1cccc(-c2cc(CC(=O)O)cc3c2CNC(=O)N3c2c(Cl)cccc2Cl)c1. The van der Waals surface area contributed by atoms with Crippen LogP contribution in [0.3, 0.4) is 0 Å². The van der Waals surface area contributed by atoms with Crippen LogP contribution in [-0.2, 0) is 17.8 Å². The highest BCUT2D eigenvalue weighted by Gasteiger charge is 2.31. The highest BCUT2D eigenvalue weighted by Crippen LogP contribution is 2.43. The van der Waals surface area contributed by atoms with Crippen molar-refractivity contribution < 1.29 is 14.7 Å². The van der Waals surface area contributed by atoms with E-state index >= 15 is 0 Å². The Kier molecular flexibility index (Phi) is 5.41. The highest BCUT2D eigenvalue weighted by atomic mass is 35.5. The van der Waals surface area contributed by atoms with Gasteiger partial charge in [-0.2, -0.15) is 0 Å². The van der Waals surface area contributed by atoms with Crippen LogP contribution in [0.1, 0.15) is 16.7 Å². The van der Waals surface area contributed by atoms with E-state index in [1.807, 2.05) is 37.3 Å². The minimum absolute atomic E-state index is 0.169. The van der Waals surface area contributed by atoms with Gasteiger partial charge >= 0.3 is 12.0 Å². The van der Waals surface area contributed by atoms with Crippen molar-refractivity contribution in [1.82, 2.24) is 5.32 Å². The Morgan fingerprint density at radius 3 is 2.47 bits per heavy atom. The van der Waals surface area contributed by atoms with Gasteiger partial charge in [-0.1, -0.05) is 65.2 Å². The number of halogens is 2. The minimum atomic E-state index is -0.951. The Balaban J connectivity index is 2.00. The van der Waals surface area contributed by atoms with Gasteiger partial charge in [0.15, 0.2) is 0 Å². The third-order valence-corrected chi connectivity index (χ3v) is 5.60. The molecule has 7 heteroatoms. The number of carbonyl (C=O) groups is 2. The molecule has 2 N–H and O–H groups in total. The van der Waals surface area contributed by atoms with Gasteiger partial charge in [0.05, 0.1) is 27.8 Å². The second kappa shape index (κ2) is 8.01. The van der Waals surface area contributed by atoms with Gasteiger partial charge in [-0.25, -0.2) is 4.79 Å². The fraction of sp³-hybridized carbons (Fsp3) is 0.130. The van der Waals surface area contributed by atoms with Gasteiger partial charge < -0.3 is 10.4 Å². The summed E-state index contributed by atoms with van der Waals surface area (Å²) in [5.41, 5.74) is 5.27. The molecule has 0 saturated heterocycles. The van der Waals surface area contributed by atoms with Crippen molar-refractivity contribution in [1.29, 1.82) is 0 Å². The molecule has 0 spiro atoms. The lowest BCUT2D eigenvalue weighted by molar-refractivity contribution is -0.136. The van der Waals surface area contributed by atoms with Crippen LogP contribution in [0.2, 0.25) is 10.0 Å². The lowest BCUT2D eigenvalue weighted by atomic mass is 9.92. The Hall–Kier alpha value is -3.02. The van der Waals surface area contributed by atoms with Crippen LogP contribution in [0.15, 0.2) is 54.6 Å². The van der Waals surface area contributed by atoms with E-state index < -0.39 is 5.97 Å². The van der Waals surface area contributed by atoms with Crippen LogP contribution < -0.4 is 10.2 Å². The Bertz CT molecular complexity index is 1160. The summed E-state index contributed by atoms with van der Waals surface area (Å²) in [6, 6.07) is 16.2. The van der Waals surface area contributed by atoms with Gasteiger partial charge in [0, 0.05) is 12.1 Å². The number of benzene rings is 3. The van der Waals surface area contributed by atoms with Crippen LogP contribution in [0.4, 0.5) is 16.2 Å². The average molecular weight is 441 g/mol. The first-order chi connectivity index (χ1) is 14.3. The second-order valence-electron chi connectivity index (χ2n) is 7.15. The highest BCUT2D eigenvalue weighted by molar-refractivity contribution is 6.40. The Morgan fingerprint density at radius 1 is 1.10 bits per heavy atom. The standard InChI is InChI=1S/C23H18Cl2N2O3/c1-13-4-2-5-15(8-13)16-9-14(11-21(28)29)10-20-17(16)12-26-23(30)27(20)22-18(24)6-3-7-19(22)25/h2-10H,11-12H2,1H3,(H,26,30)(H,28,29). The Labute approximate surface area is 183 Å². The van der Waals surface area contributed by atoms with E-state index in [4.69, 9.17) is 23.2 Å². The molecule has 2 amide bonds. The molecule has 0 unspecified atom stereocenters. The van der Waals surface area contributed by atoms with Gasteiger partial charge in [-0.05, 0) is 41.8 Å². The number of amides is 2. The number of nitrogens with zero attached hydrogens (tertiary/aromatic N) is 1. The number of aliphatic carboxylic acids is 1. The number of fused-ring (bicyclic) bond motifs is 1. The summed E-state index contributed by atoms with van der Waals surface area (Å²) in [6.07, 6.45) is -0.169. The third kappa shape index (κ3) is 3.74. The lowest BCUT2D eigenvalue weighted by Gasteiger charge is -2.33. The molecule has 30 heavy (non-hydrogen) atoms. The molecule has 152 valence electrons. The largest absolute Gasteiger partial charge is 0.481 e. The van der Waals surface area contributed by atoms with Crippen molar-refractivity contribution in [3.63, 3.8) is 0 Å². The molecule has 0 atom stereocenters. The normalized spacial score (nSPS) is 13.0. The molecule has 5 nitrogen and oxygen atoms in total. The zero-order valence-electron chi connectivity index (χ0n) is 16.1. The van der Waals surface area contributed by atoms with Crippen LogP contribution in [0.5, 0.6) is 0 Å². The smallest absolute Gasteiger partial charge is 0.326 e. The predicted octanol–water partition coefficient (Wildman–Crippen LogP) is 5.96. The number of carbonyl (C=O) groups excluding carboxylic acids is 1. The van der Waals surface area contributed by atoms with E-state index in [2.05, 4.69) is 5.32 Å². The van der Waals surface area contributed by atoms with Gasteiger partial charge in [0.2, 0.25) is 0 Å². The summed E-state index contributed by atoms with van der Waals surface area (Å²) in [5.74, 6) is -0.951. The maximum atomic E-state index is 12.9. The average Bonchev–Trinajstić information content (AvgIpc) is 2.68. The van der Waals surface area contributed by atoms with E-state index in [-0.39, 0.29) is 12.5 Å². The quantitative estimate of drug-likeness (QED) is 0.525. The molecule has 0 bridgehead atoms. The monoisotopic (exact) mass is 440 g/mol. The van der Waals surface area contributed by atoms with Crippen molar-refractivity contribution in [2.75, 3.05) is 4.90 Å². The molecule has 3 aromatic carbocycles. The number of anilines is 2. The molecular weight excluding hydrogens is 423 g/mol. The zero-order chi connectivity index (χ0) is 21.4. The zero-order valence-corrected chi connectivity index (χ0v) is 17.6. The molecule has 3 aromatic rings. The van der Waals surface area contributed by atoms with E-state index in [0.717, 1.165) is 22.3 Å². The molecule has 0 aromatic heterocycles. The van der Waals surface area contributed by atoms with Gasteiger partial charge in [0.1, 0.15) is 0 Å². The number of carboxylic acid groups (broad SMARTS) is 1. The first-order valence-corrected chi connectivity index (χ1v) is 10.1. The van der Waals surface area contributed by atoms with Crippen LogP contribution in [0, 0.1) is 6.92 Å². The molecule has 0 saturated carbocycles. The number of rotatable bonds is 4. The van der Waals surface area contributed by atoms with Crippen molar-refractivity contribution in [3.8, 4) is 11.1 Å². The number of hydrogen-bond acceptors (Lipinski definition) is 2. The molecule has 0 fully saturated rings. The molecular formula is C23H18Cl2N2O3. The van der Waals surface area contributed by atoms with Crippen LogP contribution in [0.25, 0.3) is 11.1 Å². The van der Waals surface area contributed by atoms with Crippen LogP contribution >= 0.6 is 23.2 Å². The maximum Gasteiger partial charge on any atom is 0.326 e.